The number of nitrogens with one attached hydrogen (secondary N) is 1. The Hall–Kier alpha value is -2.07. The SMILES string of the molecule is CC(C)Cc1ccc(CC(=O)Nc2ccc(N)nc2)cc1.Cl. The van der Waals surface area contributed by atoms with Gasteiger partial charge in [0.25, 0.3) is 0 Å². The molecule has 0 atom stereocenters. The number of rotatable bonds is 5. The highest BCUT2D eigenvalue weighted by Crippen LogP contribution is 2.12. The summed E-state index contributed by atoms with van der Waals surface area (Å²) in [4.78, 5) is 15.9. The summed E-state index contributed by atoms with van der Waals surface area (Å²) in [6.45, 7) is 4.39. The molecule has 0 aliphatic carbocycles. The fourth-order valence-electron chi connectivity index (χ4n) is 2.13. The largest absolute Gasteiger partial charge is 0.384 e. The predicted molar refractivity (Wildman–Crippen MR) is 93.2 cm³/mol. The molecule has 1 aromatic carbocycles. The van der Waals surface area contributed by atoms with E-state index in [9.17, 15) is 4.79 Å². The Balaban J connectivity index is 0.00000242. The molecule has 0 fully saturated rings. The summed E-state index contributed by atoms with van der Waals surface area (Å²) in [6, 6.07) is 11.6. The van der Waals surface area contributed by atoms with Gasteiger partial charge in [-0.2, -0.15) is 0 Å². The predicted octanol–water partition coefficient (Wildman–Crippen LogP) is 3.47. The molecular weight excluding hydrogens is 298 g/mol. The number of benzene rings is 1. The number of nitrogens with two attached hydrogens (primary N) is 1. The molecule has 1 amide bonds. The fourth-order valence-corrected chi connectivity index (χ4v) is 2.13. The van der Waals surface area contributed by atoms with Gasteiger partial charge in [0.05, 0.1) is 18.3 Å². The van der Waals surface area contributed by atoms with Gasteiger partial charge in [-0.3, -0.25) is 4.79 Å². The average molecular weight is 320 g/mol. The highest BCUT2D eigenvalue weighted by Gasteiger charge is 2.05. The Morgan fingerprint density at radius 2 is 1.77 bits per heavy atom. The second-order valence-corrected chi connectivity index (χ2v) is 5.61. The highest BCUT2D eigenvalue weighted by atomic mass is 35.5. The van der Waals surface area contributed by atoms with Crippen molar-refractivity contribution in [2.24, 2.45) is 5.92 Å². The van der Waals surface area contributed by atoms with Crippen LogP contribution in [-0.4, -0.2) is 10.9 Å². The molecule has 0 saturated heterocycles. The first-order valence-electron chi connectivity index (χ1n) is 7.12. The van der Waals surface area contributed by atoms with E-state index >= 15 is 0 Å². The Bertz CT molecular complexity index is 594. The quantitative estimate of drug-likeness (QED) is 0.886. The molecule has 1 aromatic heterocycles. The van der Waals surface area contributed by atoms with Crippen molar-refractivity contribution in [3.05, 3.63) is 53.7 Å². The number of anilines is 2. The third-order valence-corrected chi connectivity index (χ3v) is 3.10. The molecule has 2 rings (SSSR count). The van der Waals surface area contributed by atoms with Crippen molar-refractivity contribution >= 4 is 29.8 Å². The number of carbonyl (C=O) groups is 1. The third kappa shape index (κ3) is 5.74. The first-order chi connectivity index (χ1) is 10.0. The number of pyridine rings is 1. The van der Waals surface area contributed by atoms with E-state index in [4.69, 9.17) is 5.73 Å². The van der Waals surface area contributed by atoms with E-state index in [0.29, 0.717) is 23.8 Å². The number of hydrogen-bond donors (Lipinski definition) is 2. The van der Waals surface area contributed by atoms with Crippen LogP contribution in [0.25, 0.3) is 0 Å². The molecule has 1 heterocycles. The Morgan fingerprint density at radius 1 is 1.14 bits per heavy atom. The number of nitrogens with zero attached hydrogens (tertiary/aromatic N) is 1. The van der Waals surface area contributed by atoms with Gasteiger partial charge in [-0.05, 0) is 35.6 Å². The zero-order chi connectivity index (χ0) is 15.2. The van der Waals surface area contributed by atoms with Crippen molar-refractivity contribution in [1.29, 1.82) is 0 Å². The highest BCUT2D eigenvalue weighted by molar-refractivity contribution is 5.92. The molecule has 5 heteroatoms. The monoisotopic (exact) mass is 319 g/mol. The summed E-state index contributed by atoms with van der Waals surface area (Å²) in [5.74, 6) is 1.02. The maximum atomic E-state index is 12.0. The summed E-state index contributed by atoms with van der Waals surface area (Å²) >= 11 is 0. The van der Waals surface area contributed by atoms with Gasteiger partial charge in [-0.1, -0.05) is 38.1 Å². The molecular formula is C17H22ClN3O. The number of aromatic nitrogens is 1. The standard InChI is InChI=1S/C17H21N3O.ClH/c1-12(2)9-13-3-5-14(6-4-13)10-17(21)20-15-7-8-16(18)19-11-15;/h3-8,11-12H,9-10H2,1-2H3,(H2,18,19)(H,20,21);1H. The van der Waals surface area contributed by atoms with Crippen molar-refractivity contribution in [3.8, 4) is 0 Å². The van der Waals surface area contributed by atoms with Crippen molar-refractivity contribution < 1.29 is 4.79 Å². The Kier molecular flexibility index (Phi) is 6.86. The molecule has 0 bridgehead atoms. The van der Waals surface area contributed by atoms with E-state index in [-0.39, 0.29) is 18.3 Å². The lowest BCUT2D eigenvalue weighted by atomic mass is 10.0. The lowest BCUT2D eigenvalue weighted by Gasteiger charge is -2.07. The molecule has 22 heavy (non-hydrogen) atoms. The van der Waals surface area contributed by atoms with Crippen LogP contribution in [0.15, 0.2) is 42.6 Å². The maximum absolute atomic E-state index is 12.0. The van der Waals surface area contributed by atoms with Crippen LogP contribution in [-0.2, 0) is 17.6 Å². The van der Waals surface area contributed by atoms with Gasteiger partial charge in [0.1, 0.15) is 5.82 Å². The molecule has 3 N–H and O–H groups in total. The van der Waals surface area contributed by atoms with Gasteiger partial charge in [-0.25, -0.2) is 4.98 Å². The van der Waals surface area contributed by atoms with E-state index in [1.165, 1.54) is 5.56 Å². The lowest BCUT2D eigenvalue weighted by molar-refractivity contribution is -0.115. The van der Waals surface area contributed by atoms with Crippen LogP contribution in [0.4, 0.5) is 11.5 Å². The average Bonchev–Trinajstić information content (AvgIpc) is 2.43. The van der Waals surface area contributed by atoms with Crippen LogP contribution < -0.4 is 11.1 Å². The molecule has 0 aliphatic heterocycles. The van der Waals surface area contributed by atoms with Crippen LogP contribution in [0.3, 0.4) is 0 Å². The minimum Gasteiger partial charge on any atom is -0.384 e. The van der Waals surface area contributed by atoms with Crippen LogP contribution in [0, 0.1) is 5.92 Å². The van der Waals surface area contributed by atoms with Gasteiger partial charge >= 0.3 is 0 Å². The van der Waals surface area contributed by atoms with Gasteiger partial charge in [0.2, 0.25) is 5.91 Å². The summed E-state index contributed by atoms with van der Waals surface area (Å²) in [5.41, 5.74) is 8.47. The zero-order valence-electron chi connectivity index (χ0n) is 12.9. The molecule has 0 spiro atoms. The van der Waals surface area contributed by atoms with Crippen molar-refractivity contribution in [3.63, 3.8) is 0 Å². The van der Waals surface area contributed by atoms with E-state index in [1.807, 2.05) is 12.1 Å². The molecule has 0 unspecified atom stereocenters. The molecule has 0 aliphatic rings. The number of nitrogen functional groups attached to an aromatic ring is 1. The maximum Gasteiger partial charge on any atom is 0.228 e. The zero-order valence-corrected chi connectivity index (χ0v) is 13.7. The number of hydrogen-bond acceptors (Lipinski definition) is 3. The van der Waals surface area contributed by atoms with Gasteiger partial charge in [-0.15, -0.1) is 12.4 Å². The van der Waals surface area contributed by atoms with E-state index in [0.717, 1.165) is 12.0 Å². The molecule has 4 nitrogen and oxygen atoms in total. The van der Waals surface area contributed by atoms with Crippen molar-refractivity contribution in [1.82, 2.24) is 4.98 Å². The summed E-state index contributed by atoms with van der Waals surface area (Å²) in [7, 11) is 0. The molecule has 118 valence electrons. The van der Waals surface area contributed by atoms with Gasteiger partial charge in [0, 0.05) is 0 Å². The molecule has 2 aromatic rings. The fraction of sp³-hybridized carbons (Fsp3) is 0.294. The van der Waals surface area contributed by atoms with E-state index in [2.05, 4.69) is 36.3 Å². The minimum absolute atomic E-state index is 0. The summed E-state index contributed by atoms with van der Waals surface area (Å²) in [5, 5.41) is 2.81. The Morgan fingerprint density at radius 3 is 2.32 bits per heavy atom. The third-order valence-electron chi connectivity index (χ3n) is 3.10. The van der Waals surface area contributed by atoms with Crippen molar-refractivity contribution in [2.75, 3.05) is 11.1 Å². The van der Waals surface area contributed by atoms with Crippen LogP contribution in [0.5, 0.6) is 0 Å². The minimum atomic E-state index is -0.0572. The number of amides is 1. The second kappa shape index (κ2) is 8.39. The van der Waals surface area contributed by atoms with Gasteiger partial charge < -0.3 is 11.1 Å². The first-order valence-corrected chi connectivity index (χ1v) is 7.12. The van der Waals surface area contributed by atoms with Crippen LogP contribution >= 0.6 is 12.4 Å². The number of halogens is 1. The lowest BCUT2D eigenvalue weighted by Crippen LogP contribution is -2.14. The number of carbonyl (C=O) groups excluding carboxylic acids is 1. The smallest absolute Gasteiger partial charge is 0.228 e. The van der Waals surface area contributed by atoms with E-state index < -0.39 is 0 Å². The normalized spacial score (nSPS) is 10.1. The molecule has 0 radical (unpaired) electrons. The Labute approximate surface area is 137 Å². The second-order valence-electron chi connectivity index (χ2n) is 5.61. The molecule has 0 saturated carbocycles. The summed E-state index contributed by atoms with van der Waals surface area (Å²) in [6.07, 6.45) is 2.97. The van der Waals surface area contributed by atoms with Gasteiger partial charge in [0.15, 0.2) is 0 Å². The van der Waals surface area contributed by atoms with Crippen molar-refractivity contribution in [2.45, 2.75) is 26.7 Å². The van der Waals surface area contributed by atoms with Crippen LogP contribution in [0.1, 0.15) is 25.0 Å². The topological polar surface area (TPSA) is 68.0 Å². The summed E-state index contributed by atoms with van der Waals surface area (Å²) < 4.78 is 0. The van der Waals surface area contributed by atoms with Crippen LogP contribution in [0.2, 0.25) is 0 Å². The first kappa shape index (κ1) is 18.0. The van der Waals surface area contributed by atoms with E-state index in [1.54, 1.807) is 18.3 Å².